The summed E-state index contributed by atoms with van der Waals surface area (Å²) in [5.74, 6) is 1.78. The molecule has 0 saturated carbocycles. The fraction of sp³-hybridized carbons (Fsp3) is 0.208. The van der Waals surface area contributed by atoms with Crippen molar-refractivity contribution in [3.63, 3.8) is 0 Å². The first-order valence-electron chi connectivity index (χ1n) is 9.75. The SMILES string of the molecule is Cl.c1ccc(CCOc2ccc(Cc3ccc(NC4=NCCN4)cc3)cc2)cc1. The van der Waals surface area contributed by atoms with Crippen molar-refractivity contribution < 1.29 is 4.74 Å². The van der Waals surface area contributed by atoms with Crippen molar-refractivity contribution in [1.82, 2.24) is 5.32 Å². The van der Waals surface area contributed by atoms with Crippen molar-refractivity contribution in [3.8, 4) is 5.75 Å². The molecule has 0 aromatic heterocycles. The molecule has 2 N–H and O–H groups in total. The van der Waals surface area contributed by atoms with E-state index < -0.39 is 0 Å². The number of hydrogen-bond donors (Lipinski definition) is 2. The monoisotopic (exact) mass is 407 g/mol. The molecular formula is C24H26ClN3O. The molecule has 29 heavy (non-hydrogen) atoms. The molecule has 3 aromatic rings. The van der Waals surface area contributed by atoms with Crippen LogP contribution in [0, 0.1) is 0 Å². The Morgan fingerprint density at radius 2 is 1.52 bits per heavy atom. The van der Waals surface area contributed by atoms with Crippen LogP contribution >= 0.6 is 12.4 Å². The van der Waals surface area contributed by atoms with Gasteiger partial charge in [0.15, 0.2) is 5.96 Å². The lowest BCUT2D eigenvalue weighted by atomic mass is 10.0. The third-order valence-corrected chi connectivity index (χ3v) is 4.72. The minimum absolute atomic E-state index is 0. The van der Waals surface area contributed by atoms with Crippen LogP contribution in [0.5, 0.6) is 5.75 Å². The van der Waals surface area contributed by atoms with E-state index >= 15 is 0 Å². The first kappa shape index (κ1) is 20.7. The van der Waals surface area contributed by atoms with E-state index in [1.54, 1.807) is 0 Å². The molecule has 0 spiro atoms. The van der Waals surface area contributed by atoms with E-state index in [0.717, 1.165) is 43.3 Å². The van der Waals surface area contributed by atoms with E-state index in [1.807, 2.05) is 6.07 Å². The summed E-state index contributed by atoms with van der Waals surface area (Å²) in [6.07, 6.45) is 1.83. The number of guanidine groups is 1. The Labute approximate surface area is 178 Å². The van der Waals surface area contributed by atoms with E-state index in [1.165, 1.54) is 16.7 Å². The number of halogens is 1. The van der Waals surface area contributed by atoms with E-state index in [0.29, 0.717) is 6.61 Å². The smallest absolute Gasteiger partial charge is 0.195 e. The van der Waals surface area contributed by atoms with Gasteiger partial charge in [-0.1, -0.05) is 54.6 Å². The summed E-state index contributed by atoms with van der Waals surface area (Å²) in [6.45, 7) is 2.44. The summed E-state index contributed by atoms with van der Waals surface area (Å²) in [4.78, 5) is 4.35. The van der Waals surface area contributed by atoms with Crippen LogP contribution in [0.3, 0.4) is 0 Å². The van der Waals surface area contributed by atoms with E-state index in [-0.39, 0.29) is 12.4 Å². The molecule has 5 heteroatoms. The number of rotatable bonds is 7. The van der Waals surface area contributed by atoms with Crippen LogP contribution in [0.15, 0.2) is 83.9 Å². The van der Waals surface area contributed by atoms with Crippen LogP contribution in [-0.2, 0) is 12.8 Å². The highest BCUT2D eigenvalue weighted by Gasteiger charge is 2.05. The average molecular weight is 408 g/mol. The molecule has 150 valence electrons. The zero-order valence-electron chi connectivity index (χ0n) is 16.3. The van der Waals surface area contributed by atoms with Gasteiger partial charge in [0.05, 0.1) is 13.2 Å². The number of nitrogens with one attached hydrogen (secondary N) is 2. The predicted octanol–water partition coefficient (Wildman–Crippen LogP) is 4.69. The molecule has 1 aliphatic rings. The Kier molecular flexibility index (Phi) is 7.54. The van der Waals surface area contributed by atoms with Gasteiger partial charge in [0.1, 0.15) is 5.75 Å². The maximum Gasteiger partial charge on any atom is 0.195 e. The first-order valence-corrected chi connectivity index (χ1v) is 9.75. The van der Waals surface area contributed by atoms with Gasteiger partial charge in [0.2, 0.25) is 0 Å². The Balaban J connectivity index is 0.00000240. The average Bonchev–Trinajstić information content (AvgIpc) is 3.25. The maximum atomic E-state index is 5.87. The van der Waals surface area contributed by atoms with Gasteiger partial charge in [0, 0.05) is 18.7 Å². The van der Waals surface area contributed by atoms with Crippen LogP contribution in [0.4, 0.5) is 5.69 Å². The molecule has 0 atom stereocenters. The van der Waals surface area contributed by atoms with Gasteiger partial charge in [-0.25, -0.2) is 0 Å². The number of nitrogens with zero attached hydrogens (tertiary/aromatic N) is 1. The second-order valence-corrected chi connectivity index (χ2v) is 6.88. The zero-order chi connectivity index (χ0) is 19.0. The molecular weight excluding hydrogens is 382 g/mol. The quantitative estimate of drug-likeness (QED) is 0.597. The van der Waals surface area contributed by atoms with Crippen LogP contribution in [0.25, 0.3) is 0 Å². The normalized spacial score (nSPS) is 12.5. The third-order valence-electron chi connectivity index (χ3n) is 4.72. The van der Waals surface area contributed by atoms with Gasteiger partial charge in [-0.3, -0.25) is 4.99 Å². The van der Waals surface area contributed by atoms with Crippen molar-refractivity contribution in [2.75, 3.05) is 25.0 Å². The summed E-state index contributed by atoms with van der Waals surface area (Å²) in [5, 5.41) is 6.51. The number of benzene rings is 3. The number of aliphatic imine (C=N–C) groups is 1. The lowest BCUT2D eigenvalue weighted by molar-refractivity contribution is 0.322. The molecule has 0 aliphatic carbocycles. The van der Waals surface area contributed by atoms with E-state index in [2.05, 4.69) is 88.4 Å². The minimum Gasteiger partial charge on any atom is -0.493 e. The summed E-state index contributed by atoms with van der Waals surface area (Å²) in [5.41, 5.74) is 4.91. The fourth-order valence-electron chi connectivity index (χ4n) is 3.19. The Morgan fingerprint density at radius 3 is 2.17 bits per heavy atom. The standard InChI is InChI=1S/C24H25N3O.ClH/c1-2-4-19(5-3-1)14-17-28-23-12-8-21(9-13-23)18-20-6-10-22(11-7-20)27-24-25-15-16-26-24;/h1-13H,14-18H2,(H2,25,26,27);1H. The van der Waals surface area contributed by atoms with Crippen molar-refractivity contribution in [2.24, 2.45) is 4.99 Å². The van der Waals surface area contributed by atoms with Crippen molar-refractivity contribution in [2.45, 2.75) is 12.8 Å². The van der Waals surface area contributed by atoms with Crippen LogP contribution < -0.4 is 15.4 Å². The van der Waals surface area contributed by atoms with Gasteiger partial charge >= 0.3 is 0 Å². The molecule has 0 bridgehead atoms. The minimum atomic E-state index is 0. The lowest BCUT2D eigenvalue weighted by Crippen LogP contribution is -2.26. The van der Waals surface area contributed by atoms with Crippen molar-refractivity contribution in [3.05, 3.63) is 95.6 Å². The maximum absolute atomic E-state index is 5.87. The summed E-state index contributed by atoms with van der Waals surface area (Å²) < 4.78 is 5.87. The summed E-state index contributed by atoms with van der Waals surface area (Å²) in [7, 11) is 0. The molecule has 0 radical (unpaired) electrons. The van der Waals surface area contributed by atoms with Crippen LogP contribution in [-0.4, -0.2) is 25.7 Å². The summed E-state index contributed by atoms with van der Waals surface area (Å²) >= 11 is 0. The second kappa shape index (κ2) is 10.5. The van der Waals surface area contributed by atoms with Gasteiger partial charge in [-0.05, 0) is 47.4 Å². The number of ether oxygens (including phenoxy) is 1. The Morgan fingerprint density at radius 1 is 0.828 bits per heavy atom. The molecule has 0 amide bonds. The van der Waals surface area contributed by atoms with E-state index in [4.69, 9.17) is 4.74 Å². The van der Waals surface area contributed by atoms with Gasteiger partial charge in [-0.2, -0.15) is 0 Å². The predicted molar refractivity (Wildman–Crippen MR) is 123 cm³/mol. The highest BCUT2D eigenvalue weighted by molar-refractivity contribution is 5.94. The fourth-order valence-corrected chi connectivity index (χ4v) is 3.19. The van der Waals surface area contributed by atoms with E-state index in [9.17, 15) is 0 Å². The topological polar surface area (TPSA) is 45.6 Å². The number of anilines is 1. The molecule has 0 saturated heterocycles. The Hall–Kier alpha value is -2.98. The number of hydrogen-bond acceptors (Lipinski definition) is 4. The molecule has 3 aromatic carbocycles. The molecule has 0 fully saturated rings. The van der Waals surface area contributed by atoms with Gasteiger partial charge in [-0.15, -0.1) is 12.4 Å². The van der Waals surface area contributed by atoms with Crippen LogP contribution in [0.2, 0.25) is 0 Å². The zero-order valence-corrected chi connectivity index (χ0v) is 17.1. The van der Waals surface area contributed by atoms with Gasteiger partial charge in [0.25, 0.3) is 0 Å². The first-order chi connectivity index (χ1) is 13.8. The second-order valence-electron chi connectivity index (χ2n) is 6.88. The molecule has 1 heterocycles. The highest BCUT2D eigenvalue weighted by atomic mass is 35.5. The van der Waals surface area contributed by atoms with Crippen molar-refractivity contribution >= 4 is 24.1 Å². The summed E-state index contributed by atoms with van der Waals surface area (Å²) in [6, 6.07) is 27.3. The highest BCUT2D eigenvalue weighted by Crippen LogP contribution is 2.17. The molecule has 4 nitrogen and oxygen atoms in total. The largest absolute Gasteiger partial charge is 0.493 e. The molecule has 1 aliphatic heterocycles. The third kappa shape index (κ3) is 6.26. The van der Waals surface area contributed by atoms with Crippen LogP contribution in [0.1, 0.15) is 16.7 Å². The lowest BCUT2D eigenvalue weighted by Gasteiger charge is -2.09. The Bertz CT molecular complexity index is 909. The molecule has 4 rings (SSSR count). The molecule has 0 unspecified atom stereocenters. The van der Waals surface area contributed by atoms with Gasteiger partial charge < -0.3 is 15.4 Å². The van der Waals surface area contributed by atoms with Crippen molar-refractivity contribution in [1.29, 1.82) is 0 Å².